The molecule has 11 heteroatoms. The van der Waals surface area contributed by atoms with Crippen LogP contribution in [0.1, 0.15) is 45.0 Å². The second-order valence-corrected chi connectivity index (χ2v) is 11.0. The zero-order chi connectivity index (χ0) is 26.4. The number of anilines is 1. The van der Waals surface area contributed by atoms with Crippen molar-refractivity contribution in [2.45, 2.75) is 50.7 Å². The molecule has 0 fully saturated rings. The standard InChI is InChI=1S/C26H29ClN4O4S2/c1-4-12-31-21(9-6-13-35-19-11-10-17(27)14-16(19)2)29-30-26(31)36-15-22(32)28-24-23(25(33)34-3)18-7-5-8-20(18)37-24/h4,10-11,14H,1,5-9,12-13,15H2,2-3H3,(H,28,32). The molecule has 3 aromatic rings. The van der Waals surface area contributed by atoms with Gasteiger partial charge in [-0.3, -0.25) is 4.79 Å². The molecular weight excluding hydrogens is 532 g/mol. The van der Waals surface area contributed by atoms with Gasteiger partial charge in [-0.2, -0.15) is 0 Å². The molecule has 0 saturated heterocycles. The van der Waals surface area contributed by atoms with Crippen molar-refractivity contribution < 1.29 is 19.1 Å². The SMILES string of the molecule is C=CCn1c(CCCOc2ccc(Cl)cc2C)nnc1SCC(=O)Nc1sc2c(c1C(=O)OC)CCC2. The molecule has 1 amide bonds. The third-order valence-electron chi connectivity index (χ3n) is 5.94. The third kappa shape index (κ3) is 6.55. The molecule has 4 rings (SSSR count). The lowest BCUT2D eigenvalue weighted by Gasteiger charge is -2.10. The van der Waals surface area contributed by atoms with Crippen LogP contribution in [0.15, 0.2) is 36.0 Å². The number of amides is 1. The number of rotatable bonds is 12. The van der Waals surface area contributed by atoms with Crippen molar-refractivity contribution >= 4 is 51.6 Å². The maximum Gasteiger partial charge on any atom is 0.341 e. The summed E-state index contributed by atoms with van der Waals surface area (Å²) in [6, 6.07) is 5.56. The summed E-state index contributed by atoms with van der Waals surface area (Å²) in [5, 5.41) is 13.4. The van der Waals surface area contributed by atoms with E-state index in [0.29, 0.717) is 40.3 Å². The molecular formula is C26H29ClN4O4S2. The number of carbonyl (C=O) groups is 2. The summed E-state index contributed by atoms with van der Waals surface area (Å²) in [6.45, 7) is 6.86. The third-order valence-corrected chi connectivity index (χ3v) is 8.35. The van der Waals surface area contributed by atoms with Crippen molar-refractivity contribution in [2.24, 2.45) is 0 Å². The van der Waals surface area contributed by atoms with Crippen LogP contribution in [0.5, 0.6) is 5.75 Å². The number of halogens is 1. The van der Waals surface area contributed by atoms with Gasteiger partial charge in [0.2, 0.25) is 5.91 Å². The first-order valence-electron chi connectivity index (χ1n) is 12.0. The molecule has 0 saturated carbocycles. The van der Waals surface area contributed by atoms with E-state index in [-0.39, 0.29) is 11.7 Å². The average molecular weight is 561 g/mol. The monoisotopic (exact) mass is 560 g/mol. The number of thioether (sulfide) groups is 1. The molecule has 1 aliphatic rings. The first-order valence-corrected chi connectivity index (χ1v) is 14.2. The highest BCUT2D eigenvalue weighted by Gasteiger charge is 2.28. The van der Waals surface area contributed by atoms with Gasteiger partial charge in [0.25, 0.3) is 0 Å². The Morgan fingerprint density at radius 3 is 2.92 bits per heavy atom. The highest BCUT2D eigenvalue weighted by molar-refractivity contribution is 7.99. The number of fused-ring (bicyclic) bond motifs is 1. The van der Waals surface area contributed by atoms with Gasteiger partial charge >= 0.3 is 5.97 Å². The molecule has 0 atom stereocenters. The topological polar surface area (TPSA) is 95.3 Å². The summed E-state index contributed by atoms with van der Waals surface area (Å²) >= 11 is 8.77. The van der Waals surface area contributed by atoms with Crippen LogP contribution < -0.4 is 10.1 Å². The zero-order valence-electron chi connectivity index (χ0n) is 20.8. The number of nitrogens with zero attached hydrogens (tertiary/aromatic N) is 3. The number of hydrogen-bond donors (Lipinski definition) is 1. The van der Waals surface area contributed by atoms with Crippen LogP contribution in [-0.4, -0.2) is 46.1 Å². The lowest BCUT2D eigenvalue weighted by atomic mass is 10.1. The Kier molecular flexibility index (Phi) is 9.28. The molecule has 8 nitrogen and oxygen atoms in total. The van der Waals surface area contributed by atoms with Crippen molar-refractivity contribution in [3.8, 4) is 5.75 Å². The number of aromatic nitrogens is 3. The van der Waals surface area contributed by atoms with Crippen LogP contribution in [0, 0.1) is 6.92 Å². The van der Waals surface area contributed by atoms with Crippen LogP contribution in [0.4, 0.5) is 5.00 Å². The van der Waals surface area contributed by atoms with Crippen LogP contribution in [-0.2, 0) is 35.3 Å². The maximum absolute atomic E-state index is 12.8. The number of allylic oxidation sites excluding steroid dienone is 1. The minimum absolute atomic E-state index is 0.136. The smallest absolute Gasteiger partial charge is 0.341 e. The van der Waals surface area contributed by atoms with Gasteiger partial charge in [0, 0.05) is 22.9 Å². The highest BCUT2D eigenvalue weighted by Crippen LogP contribution is 2.39. The van der Waals surface area contributed by atoms with E-state index < -0.39 is 5.97 Å². The van der Waals surface area contributed by atoms with Crippen LogP contribution >= 0.6 is 34.7 Å². The Morgan fingerprint density at radius 1 is 1.32 bits per heavy atom. The molecule has 0 bridgehead atoms. The lowest BCUT2D eigenvalue weighted by molar-refractivity contribution is -0.113. The van der Waals surface area contributed by atoms with Gasteiger partial charge in [0.1, 0.15) is 16.6 Å². The van der Waals surface area contributed by atoms with E-state index in [0.717, 1.165) is 53.3 Å². The van der Waals surface area contributed by atoms with Crippen molar-refractivity contribution in [3.63, 3.8) is 0 Å². The Bertz CT molecular complexity index is 1300. The quantitative estimate of drug-likeness (QED) is 0.135. The summed E-state index contributed by atoms with van der Waals surface area (Å²) in [6.07, 6.45) is 5.97. The van der Waals surface area contributed by atoms with Crippen molar-refractivity contribution in [2.75, 3.05) is 24.8 Å². The Morgan fingerprint density at radius 2 is 2.16 bits per heavy atom. The van der Waals surface area contributed by atoms with E-state index in [1.165, 1.54) is 30.2 Å². The second-order valence-electron chi connectivity index (χ2n) is 8.55. The molecule has 196 valence electrons. The van der Waals surface area contributed by atoms with Crippen molar-refractivity contribution in [1.82, 2.24) is 14.8 Å². The summed E-state index contributed by atoms with van der Waals surface area (Å²) < 4.78 is 12.8. The molecule has 1 aliphatic carbocycles. The fraction of sp³-hybridized carbons (Fsp3) is 0.385. The van der Waals surface area contributed by atoms with E-state index >= 15 is 0 Å². The molecule has 37 heavy (non-hydrogen) atoms. The van der Waals surface area contributed by atoms with Crippen LogP contribution in [0.25, 0.3) is 0 Å². The number of benzene rings is 1. The molecule has 0 spiro atoms. The van der Waals surface area contributed by atoms with Gasteiger partial charge in [0.05, 0.1) is 25.0 Å². The first-order chi connectivity index (χ1) is 17.9. The average Bonchev–Trinajstić information content (AvgIpc) is 3.56. The van der Waals surface area contributed by atoms with Crippen LogP contribution in [0.3, 0.4) is 0 Å². The molecule has 2 heterocycles. The van der Waals surface area contributed by atoms with Gasteiger partial charge in [0.15, 0.2) is 5.16 Å². The Labute approximate surface area is 229 Å². The first kappa shape index (κ1) is 27.2. The number of ether oxygens (including phenoxy) is 2. The number of hydrogen-bond acceptors (Lipinski definition) is 8. The van der Waals surface area contributed by atoms with E-state index in [9.17, 15) is 9.59 Å². The molecule has 0 unspecified atom stereocenters. The number of aryl methyl sites for hydroxylation is 3. The highest BCUT2D eigenvalue weighted by atomic mass is 35.5. The van der Waals surface area contributed by atoms with Crippen LogP contribution in [0.2, 0.25) is 5.02 Å². The summed E-state index contributed by atoms with van der Waals surface area (Å²) in [4.78, 5) is 26.3. The van der Waals surface area contributed by atoms with Gasteiger partial charge in [-0.05, 0) is 61.9 Å². The van der Waals surface area contributed by atoms with Gasteiger partial charge in [-0.15, -0.1) is 28.1 Å². The minimum Gasteiger partial charge on any atom is -0.493 e. The second kappa shape index (κ2) is 12.6. The predicted octanol–water partition coefficient (Wildman–Crippen LogP) is 5.51. The van der Waals surface area contributed by atoms with Gasteiger partial charge in [-0.1, -0.05) is 29.4 Å². The molecule has 0 aliphatic heterocycles. The zero-order valence-corrected chi connectivity index (χ0v) is 23.2. The largest absolute Gasteiger partial charge is 0.493 e. The van der Waals surface area contributed by atoms with E-state index in [2.05, 4.69) is 22.1 Å². The predicted molar refractivity (Wildman–Crippen MR) is 147 cm³/mol. The minimum atomic E-state index is -0.409. The van der Waals surface area contributed by atoms with E-state index in [1.54, 1.807) is 6.08 Å². The summed E-state index contributed by atoms with van der Waals surface area (Å²) in [5.41, 5.74) is 2.49. The fourth-order valence-corrected chi connectivity index (χ4v) is 6.50. The maximum atomic E-state index is 12.8. The summed E-state index contributed by atoms with van der Waals surface area (Å²) in [7, 11) is 1.36. The Balaban J connectivity index is 1.33. The van der Waals surface area contributed by atoms with Gasteiger partial charge in [-0.25, -0.2) is 4.79 Å². The van der Waals surface area contributed by atoms with Crippen molar-refractivity contribution in [3.05, 3.63) is 63.3 Å². The van der Waals surface area contributed by atoms with E-state index in [1.807, 2.05) is 29.7 Å². The number of carbonyl (C=O) groups excluding carboxylic acids is 2. The van der Waals surface area contributed by atoms with Crippen molar-refractivity contribution in [1.29, 1.82) is 0 Å². The number of esters is 1. The van der Waals surface area contributed by atoms with Gasteiger partial charge < -0.3 is 19.4 Å². The lowest BCUT2D eigenvalue weighted by Crippen LogP contribution is -2.16. The van der Waals surface area contributed by atoms with E-state index in [4.69, 9.17) is 21.1 Å². The fourth-order valence-electron chi connectivity index (χ4n) is 4.21. The normalized spacial score (nSPS) is 12.3. The molecule has 1 aromatic carbocycles. The number of methoxy groups -OCH3 is 1. The number of thiophene rings is 1. The molecule has 2 aromatic heterocycles. The Hall–Kier alpha value is -2.82. The number of nitrogens with one attached hydrogen (secondary N) is 1. The molecule has 0 radical (unpaired) electrons. The summed E-state index contributed by atoms with van der Waals surface area (Å²) in [5.74, 6) is 1.13. The molecule has 1 N–H and O–H groups in total.